The number of fused-ring (bicyclic) bond motifs is 1. The highest BCUT2D eigenvalue weighted by Gasteiger charge is 2.42. The Labute approximate surface area is 177 Å². The van der Waals surface area contributed by atoms with Crippen LogP contribution in [0.4, 0.5) is 5.69 Å². The Hall–Kier alpha value is -1.54. The largest absolute Gasteiger partial charge is 0.353 e. The number of hydrogen-bond acceptors (Lipinski definition) is 6. The number of nitrogens with one attached hydrogen (secondary N) is 2. The number of hydrogen-bond donors (Lipinski definition) is 2. The van der Waals surface area contributed by atoms with Gasteiger partial charge in [0.05, 0.1) is 24.0 Å². The quantitative estimate of drug-likeness (QED) is 0.759. The first-order valence-corrected chi connectivity index (χ1v) is 13.1. The van der Waals surface area contributed by atoms with Gasteiger partial charge in [0, 0.05) is 17.0 Å². The van der Waals surface area contributed by atoms with E-state index in [1.807, 2.05) is 24.3 Å². The predicted octanol–water partition coefficient (Wildman–Crippen LogP) is 2.85. The lowest BCUT2D eigenvalue weighted by atomic mass is 9.78. The molecular weight excluding hydrogens is 406 g/mol. The number of amidine groups is 1. The van der Waals surface area contributed by atoms with Crippen LogP contribution in [0.15, 0.2) is 29.3 Å². The third-order valence-electron chi connectivity index (χ3n) is 6.44. The second-order valence-electron chi connectivity index (χ2n) is 8.67. The lowest BCUT2D eigenvalue weighted by Gasteiger charge is -2.34. The summed E-state index contributed by atoms with van der Waals surface area (Å²) in [6, 6.07) is 7.97. The Balaban J connectivity index is 1.29. The summed E-state index contributed by atoms with van der Waals surface area (Å²) in [6.07, 6.45) is 3.90. The highest BCUT2D eigenvalue weighted by atomic mass is 32.2. The van der Waals surface area contributed by atoms with Crippen LogP contribution in [0.5, 0.6) is 0 Å². The van der Waals surface area contributed by atoms with Crippen LogP contribution in [0.25, 0.3) is 0 Å². The smallest absolute Gasteiger partial charge is 0.224 e. The van der Waals surface area contributed by atoms with E-state index in [1.54, 1.807) is 0 Å². The van der Waals surface area contributed by atoms with Gasteiger partial charge in [0.25, 0.3) is 0 Å². The van der Waals surface area contributed by atoms with Gasteiger partial charge in [0.15, 0.2) is 15.0 Å². The molecule has 0 aromatic heterocycles. The van der Waals surface area contributed by atoms with Gasteiger partial charge >= 0.3 is 0 Å². The van der Waals surface area contributed by atoms with Gasteiger partial charge in [-0.25, -0.2) is 8.42 Å². The maximum absolute atomic E-state index is 12.5. The van der Waals surface area contributed by atoms with E-state index in [9.17, 15) is 13.2 Å². The number of nitrogens with zero attached hydrogens (tertiary/aromatic N) is 1. The Bertz CT molecular complexity index is 898. The monoisotopic (exact) mass is 435 g/mol. The molecule has 1 saturated heterocycles. The Morgan fingerprint density at radius 2 is 1.93 bits per heavy atom. The highest BCUT2D eigenvalue weighted by molar-refractivity contribution is 8.15. The van der Waals surface area contributed by atoms with Crippen LogP contribution in [-0.2, 0) is 21.1 Å². The molecule has 0 unspecified atom stereocenters. The van der Waals surface area contributed by atoms with Crippen molar-refractivity contribution in [2.24, 2.45) is 16.8 Å². The molecular formula is C21H29N3O3S2. The molecule has 4 rings (SSSR count). The number of carbonyl (C=O) groups excluding carboxylic acids is 1. The van der Waals surface area contributed by atoms with Gasteiger partial charge in [-0.1, -0.05) is 50.6 Å². The minimum absolute atomic E-state index is 0.0374. The Kier molecular flexibility index (Phi) is 5.93. The van der Waals surface area contributed by atoms with Crippen molar-refractivity contribution in [1.82, 2.24) is 5.32 Å². The fraction of sp³-hybridized carbons (Fsp3) is 0.619. The summed E-state index contributed by atoms with van der Waals surface area (Å²) in [6.45, 7) is 4.51. The van der Waals surface area contributed by atoms with Gasteiger partial charge in [-0.05, 0) is 36.0 Å². The number of amides is 1. The van der Waals surface area contributed by atoms with Gasteiger partial charge in [-0.3, -0.25) is 9.79 Å². The molecule has 2 fully saturated rings. The molecule has 158 valence electrons. The van der Waals surface area contributed by atoms with E-state index in [2.05, 4.69) is 29.5 Å². The molecule has 1 aromatic carbocycles. The Morgan fingerprint density at radius 1 is 1.17 bits per heavy atom. The molecule has 6 nitrogen and oxygen atoms in total. The average molecular weight is 436 g/mol. The number of benzene rings is 1. The first-order chi connectivity index (χ1) is 13.8. The maximum atomic E-state index is 12.5. The van der Waals surface area contributed by atoms with Crippen LogP contribution in [0.3, 0.4) is 0 Å². The van der Waals surface area contributed by atoms with E-state index in [0.29, 0.717) is 18.3 Å². The summed E-state index contributed by atoms with van der Waals surface area (Å²) in [7, 11) is -2.93. The first-order valence-electron chi connectivity index (χ1n) is 10.4. The zero-order chi connectivity index (χ0) is 20.6. The van der Waals surface area contributed by atoms with E-state index < -0.39 is 9.84 Å². The fourth-order valence-corrected chi connectivity index (χ4v) is 8.15. The lowest BCUT2D eigenvalue weighted by Crippen LogP contribution is -2.44. The lowest BCUT2D eigenvalue weighted by molar-refractivity contribution is -0.121. The van der Waals surface area contributed by atoms with Gasteiger partial charge in [0.2, 0.25) is 5.91 Å². The molecule has 0 bridgehead atoms. The average Bonchev–Trinajstić information content (AvgIpc) is 3.13. The number of sulfone groups is 1. The summed E-state index contributed by atoms with van der Waals surface area (Å²) in [4.78, 5) is 17.0. The predicted molar refractivity (Wildman–Crippen MR) is 119 cm³/mol. The standard InChI is InChI=1S/C21H29N3O3S2/c1-13-4-3-5-17(14(13)2)23-20(25)10-15-6-8-16(9-7-15)22-21-24-18-11-29(26,27)12-19(18)28-21/h6-9,13-14,17-19H,3-5,10-12H2,1-2H3,(H,22,24)(H,23,25)/t13-,14+,17+,18-,19+/m1/s1. The number of anilines is 1. The molecule has 2 heterocycles. The molecule has 0 radical (unpaired) electrons. The van der Waals surface area contributed by atoms with Crippen LogP contribution >= 0.6 is 11.8 Å². The third-order valence-corrected chi connectivity index (χ3v) is 9.58. The van der Waals surface area contributed by atoms with E-state index in [4.69, 9.17) is 0 Å². The summed E-state index contributed by atoms with van der Waals surface area (Å²) < 4.78 is 23.3. The van der Waals surface area contributed by atoms with Crippen molar-refractivity contribution in [2.75, 3.05) is 16.8 Å². The van der Waals surface area contributed by atoms with E-state index in [-0.39, 0.29) is 34.7 Å². The SMILES string of the molecule is C[C@H]1[C@H](C)CCC[C@@H]1NC(=O)Cc1ccc(NC2=N[C@@H]3CS(=O)(=O)C[C@@H]3S2)cc1. The van der Waals surface area contributed by atoms with Crippen molar-refractivity contribution in [1.29, 1.82) is 0 Å². The van der Waals surface area contributed by atoms with Crippen LogP contribution in [0, 0.1) is 11.8 Å². The minimum atomic E-state index is -2.93. The molecule has 2 N–H and O–H groups in total. The molecule has 8 heteroatoms. The van der Waals surface area contributed by atoms with Gasteiger partial charge < -0.3 is 10.6 Å². The first kappa shape index (κ1) is 20.7. The molecule has 3 aliphatic rings. The minimum Gasteiger partial charge on any atom is -0.353 e. The normalized spacial score (nSPS) is 33.0. The maximum Gasteiger partial charge on any atom is 0.224 e. The highest BCUT2D eigenvalue weighted by Crippen LogP contribution is 2.34. The van der Waals surface area contributed by atoms with Gasteiger partial charge in [-0.2, -0.15) is 0 Å². The number of carbonyl (C=O) groups is 1. The molecule has 0 spiro atoms. The summed E-state index contributed by atoms with van der Waals surface area (Å²) in [5.41, 5.74) is 1.88. The van der Waals surface area contributed by atoms with Crippen molar-refractivity contribution in [3.8, 4) is 0 Å². The molecule has 1 amide bonds. The summed E-state index contributed by atoms with van der Waals surface area (Å²) in [5, 5.41) is 7.31. The van der Waals surface area contributed by atoms with E-state index in [1.165, 1.54) is 24.6 Å². The van der Waals surface area contributed by atoms with Crippen LogP contribution in [0.2, 0.25) is 0 Å². The van der Waals surface area contributed by atoms with Crippen LogP contribution in [0.1, 0.15) is 38.7 Å². The topological polar surface area (TPSA) is 87.6 Å². The number of rotatable bonds is 4. The van der Waals surface area contributed by atoms with Crippen molar-refractivity contribution in [2.45, 2.75) is 56.9 Å². The van der Waals surface area contributed by atoms with E-state index in [0.717, 1.165) is 22.8 Å². The third kappa shape index (κ3) is 4.97. The zero-order valence-electron chi connectivity index (χ0n) is 16.9. The molecule has 29 heavy (non-hydrogen) atoms. The number of aliphatic imine (C=N–C) groups is 1. The van der Waals surface area contributed by atoms with Crippen molar-refractivity contribution < 1.29 is 13.2 Å². The fourth-order valence-electron chi connectivity index (χ4n) is 4.47. The molecule has 1 saturated carbocycles. The van der Waals surface area contributed by atoms with Crippen LogP contribution in [-0.4, -0.2) is 48.3 Å². The Morgan fingerprint density at radius 3 is 2.66 bits per heavy atom. The van der Waals surface area contributed by atoms with Gasteiger partial charge in [-0.15, -0.1) is 0 Å². The molecule has 1 aromatic rings. The van der Waals surface area contributed by atoms with Gasteiger partial charge in [0.1, 0.15) is 0 Å². The molecule has 5 atom stereocenters. The van der Waals surface area contributed by atoms with Crippen molar-refractivity contribution in [3.63, 3.8) is 0 Å². The molecule has 2 aliphatic heterocycles. The van der Waals surface area contributed by atoms with Crippen molar-refractivity contribution >= 4 is 38.4 Å². The van der Waals surface area contributed by atoms with Crippen LogP contribution < -0.4 is 10.6 Å². The van der Waals surface area contributed by atoms with E-state index >= 15 is 0 Å². The van der Waals surface area contributed by atoms with Crippen molar-refractivity contribution in [3.05, 3.63) is 29.8 Å². The summed E-state index contributed by atoms with van der Waals surface area (Å²) >= 11 is 1.51. The summed E-state index contributed by atoms with van der Waals surface area (Å²) in [5.74, 6) is 1.64. The second kappa shape index (κ2) is 8.30. The number of thioether (sulfide) groups is 1. The zero-order valence-corrected chi connectivity index (χ0v) is 18.6. The second-order valence-corrected chi connectivity index (χ2v) is 12.1. The molecule has 1 aliphatic carbocycles.